The van der Waals surface area contributed by atoms with Crippen LogP contribution in [0.25, 0.3) is 0 Å². The van der Waals surface area contributed by atoms with Crippen molar-refractivity contribution < 1.29 is 9.72 Å². The van der Waals surface area contributed by atoms with Gasteiger partial charge in [0.25, 0.3) is 0 Å². The van der Waals surface area contributed by atoms with Crippen LogP contribution in [0.1, 0.15) is 44.6 Å². The Hall–Kier alpha value is -3.27. The fourth-order valence-electron chi connectivity index (χ4n) is 3.55. The van der Waals surface area contributed by atoms with Crippen LogP contribution in [-0.2, 0) is 11.3 Å². The summed E-state index contributed by atoms with van der Waals surface area (Å²) in [5, 5.41) is 20.4. The number of amides is 1. The number of carbonyl (C=O) groups excluding carboxylic acids is 1. The van der Waals surface area contributed by atoms with E-state index < -0.39 is 4.92 Å². The van der Waals surface area contributed by atoms with Crippen LogP contribution in [0.3, 0.4) is 0 Å². The minimum absolute atomic E-state index is 0.0560. The molecule has 10 nitrogen and oxygen atoms in total. The summed E-state index contributed by atoms with van der Waals surface area (Å²) >= 11 is 0. The molecule has 0 radical (unpaired) electrons. The average Bonchev–Trinajstić information content (AvgIpc) is 2.77. The van der Waals surface area contributed by atoms with Crippen molar-refractivity contribution in [2.24, 2.45) is 11.7 Å². The summed E-state index contributed by atoms with van der Waals surface area (Å²) in [5.41, 5.74) is 7.43. The van der Waals surface area contributed by atoms with Gasteiger partial charge in [0.2, 0.25) is 17.7 Å². The number of nitrogens with one attached hydrogen (secondary N) is 3. The highest BCUT2D eigenvalue weighted by molar-refractivity contribution is 5.90. The van der Waals surface area contributed by atoms with Crippen LogP contribution in [0.5, 0.6) is 0 Å². The van der Waals surface area contributed by atoms with Gasteiger partial charge in [-0.2, -0.15) is 4.98 Å². The smallest absolute Gasteiger partial charge is 0.329 e. The molecule has 0 bridgehead atoms. The van der Waals surface area contributed by atoms with Crippen LogP contribution < -0.4 is 21.7 Å². The van der Waals surface area contributed by atoms with E-state index in [4.69, 9.17) is 5.73 Å². The minimum atomic E-state index is -0.483. The van der Waals surface area contributed by atoms with Crippen LogP contribution >= 0.6 is 0 Å². The first kappa shape index (κ1) is 22.4. The van der Waals surface area contributed by atoms with Crippen LogP contribution in [0.2, 0.25) is 0 Å². The van der Waals surface area contributed by atoms with Crippen molar-refractivity contribution in [3.8, 4) is 0 Å². The van der Waals surface area contributed by atoms with Gasteiger partial charge in [-0.25, -0.2) is 4.98 Å². The highest BCUT2D eigenvalue weighted by Gasteiger charge is 2.21. The molecule has 1 aromatic heterocycles. The molecule has 0 saturated heterocycles. The first-order valence-corrected chi connectivity index (χ1v) is 10.6. The highest BCUT2D eigenvalue weighted by Crippen LogP contribution is 2.26. The molecule has 1 fully saturated rings. The fraction of sp³-hybridized carbons (Fsp3) is 0.476. The van der Waals surface area contributed by atoms with Gasteiger partial charge >= 0.3 is 5.69 Å². The van der Waals surface area contributed by atoms with Gasteiger partial charge in [-0.05, 0) is 49.3 Å². The lowest BCUT2D eigenvalue weighted by Gasteiger charge is -2.26. The zero-order chi connectivity index (χ0) is 22.2. The Kier molecular flexibility index (Phi) is 7.71. The summed E-state index contributed by atoms with van der Waals surface area (Å²) in [6.45, 7) is 2.82. The number of nitrogens with two attached hydrogens (primary N) is 1. The third-order valence-electron chi connectivity index (χ3n) is 5.40. The van der Waals surface area contributed by atoms with Crippen molar-refractivity contribution >= 4 is 29.0 Å². The fourth-order valence-corrected chi connectivity index (χ4v) is 3.55. The molecule has 3 rings (SSSR count). The van der Waals surface area contributed by atoms with E-state index in [-0.39, 0.29) is 23.5 Å². The highest BCUT2D eigenvalue weighted by atomic mass is 16.6. The molecule has 2 aromatic rings. The Labute approximate surface area is 181 Å². The molecule has 1 aliphatic rings. The molecule has 10 heteroatoms. The third kappa shape index (κ3) is 6.61. The number of aromatic nitrogens is 2. The van der Waals surface area contributed by atoms with Gasteiger partial charge in [0.05, 0.1) is 4.92 Å². The van der Waals surface area contributed by atoms with E-state index >= 15 is 0 Å². The van der Waals surface area contributed by atoms with E-state index in [2.05, 4.69) is 25.9 Å². The molecule has 1 aromatic carbocycles. The van der Waals surface area contributed by atoms with Crippen LogP contribution in [-0.4, -0.2) is 33.4 Å². The van der Waals surface area contributed by atoms with Crippen molar-refractivity contribution in [2.45, 2.75) is 51.6 Å². The summed E-state index contributed by atoms with van der Waals surface area (Å²) in [7, 11) is 0. The van der Waals surface area contributed by atoms with E-state index in [1.807, 2.05) is 24.3 Å². The molecule has 0 spiro atoms. The average molecular weight is 428 g/mol. The molecule has 0 aliphatic heterocycles. The normalized spacial score (nSPS) is 18.3. The van der Waals surface area contributed by atoms with Gasteiger partial charge in [-0.1, -0.05) is 19.1 Å². The number of hydrogen-bond acceptors (Lipinski definition) is 8. The molecule has 166 valence electrons. The van der Waals surface area contributed by atoms with Crippen LogP contribution in [0.15, 0.2) is 30.5 Å². The zero-order valence-corrected chi connectivity index (χ0v) is 17.6. The maximum absolute atomic E-state index is 11.6. The molecule has 0 atom stereocenters. The number of anilines is 3. The van der Waals surface area contributed by atoms with Gasteiger partial charge in [-0.15, -0.1) is 0 Å². The van der Waals surface area contributed by atoms with Gasteiger partial charge in [0.15, 0.2) is 0 Å². The molecular formula is C21H29N7O3. The zero-order valence-electron chi connectivity index (χ0n) is 17.6. The van der Waals surface area contributed by atoms with E-state index in [0.717, 1.165) is 31.2 Å². The van der Waals surface area contributed by atoms with Crippen molar-refractivity contribution in [3.05, 3.63) is 46.1 Å². The van der Waals surface area contributed by atoms with Gasteiger partial charge in [-0.3, -0.25) is 14.9 Å². The van der Waals surface area contributed by atoms with Crippen molar-refractivity contribution in [2.75, 3.05) is 22.5 Å². The first-order valence-electron chi connectivity index (χ1n) is 10.6. The van der Waals surface area contributed by atoms with Crippen LogP contribution in [0, 0.1) is 16.0 Å². The van der Waals surface area contributed by atoms with E-state index in [0.29, 0.717) is 37.1 Å². The molecular weight excluding hydrogens is 398 g/mol. The quantitative estimate of drug-likeness (QED) is 0.352. The lowest BCUT2D eigenvalue weighted by atomic mass is 9.86. The second-order valence-electron chi connectivity index (χ2n) is 7.80. The Morgan fingerprint density at radius 2 is 2.03 bits per heavy atom. The maximum Gasteiger partial charge on any atom is 0.329 e. The molecule has 1 saturated carbocycles. The second-order valence-corrected chi connectivity index (χ2v) is 7.80. The number of hydrogen-bond donors (Lipinski definition) is 4. The minimum Gasteiger partial charge on any atom is -0.364 e. The number of rotatable bonds is 9. The first-order chi connectivity index (χ1) is 14.9. The van der Waals surface area contributed by atoms with Gasteiger partial charge in [0, 0.05) is 31.2 Å². The van der Waals surface area contributed by atoms with Crippen LogP contribution in [0.4, 0.5) is 23.1 Å². The molecule has 1 aliphatic carbocycles. The van der Waals surface area contributed by atoms with Crippen molar-refractivity contribution in [3.63, 3.8) is 0 Å². The van der Waals surface area contributed by atoms with Gasteiger partial charge in [0.1, 0.15) is 6.20 Å². The summed E-state index contributed by atoms with van der Waals surface area (Å²) in [4.78, 5) is 30.9. The molecule has 0 unspecified atom stereocenters. The molecule has 1 amide bonds. The maximum atomic E-state index is 11.6. The summed E-state index contributed by atoms with van der Waals surface area (Å²) in [6.07, 6.45) is 5.58. The number of nitro groups is 1. The van der Waals surface area contributed by atoms with E-state index in [9.17, 15) is 14.9 Å². The van der Waals surface area contributed by atoms with E-state index in [1.54, 1.807) is 6.92 Å². The largest absolute Gasteiger partial charge is 0.364 e. The Morgan fingerprint density at radius 1 is 1.26 bits per heavy atom. The van der Waals surface area contributed by atoms with E-state index in [1.165, 1.54) is 6.20 Å². The predicted molar refractivity (Wildman–Crippen MR) is 120 cm³/mol. The molecule has 5 N–H and O–H groups in total. The summed E-state index contributed by atoms with van der Waals surface area (Å²) in [6, 6.07) is 7.70. The van der Waals surface area contributed by atoms with Crippen molar-refractivity contribution in [1.29, 1.82) is 0 Å². The predicted octanol–water partition coefficient (Wildman–Crippen LogP) is 3.27. The van der Waals surface area contributed by atoms with Crippen molar-refractivity contribution in [1.82, 2.24) is 9.97 Å². The number of carbonyl (C=O) groups is 1. The van der Waals surface area contributed by atoms with Gasteiger partial charge < -0.3 is 21.7 Å². The summed E-state index contributed by atoms with van der Waals surface area (Å²) in [5.74, 6) is 0.870. The second kappa shape index (κ2) is 10.7. The third-order valence-corrected chi connectivity index (χ3v) is 5.40. The lowest BCUT2D eigenvalue weighted by molar-refractivity contribution is -0.384. The lowest BCUT2D eigenvalue weighted by Crippen LogP contribution is -2.29. The Balaban J connectivity index is 1.64. The Morgan fingerprint density at radius 3 is 2.74 bits per heavy atom. The number of nitrogens with zero attached hydrogens (tertiary/aromatic N) is 3. The standard InChI is InChI=1S/C21H29N7O3/c1-2-19(29)26-17-5-3-4-15(10-17)12-24-21-25-13-18(28(30)31)20(27-21)23-11-14-6-8-16(22)9-7-14/h3-5,10,13-14,16H,2,6-9,11-12,22H2,1H3,(H,26,29)(H2,23,24,25,27). The summed E-state index contributed by atoms with van der Waals surface area (Å²) < 4.78 is 0. The Bertz CT molecular complexity index is 914. The topological polar surface area (TPSA) is 148 Å². The molecule has 1 heterocycles. The monoisotopic (exact) mass is 427 g/mol. The number of benzene rings is 1. The molecule has 31 heavy (non-hydrogen) atoms. The SMILES string of the molecule is CCC(=O)Nc1cccc(CNc2ncc([N+](=O)[O-])c(NCC3CCC(N)CC3)n2)c1.